The van der Waals surface area contributed by atoms with E-state index in [0.29, 0.717) is 40.8 Å². The van der Waals surface area contributed by atoms with Gasteiger partial charge in [0.25, 0.3) is 20.0 Å². The summed E-state index contributed by atoms with van der Waals surface area (Å²) in [4.78, 5) is 4.80. The highest BCUT2D eigenvalue weighted by molar-refractivity contribution is 7.93. The standard InChI is InChI=1S/C29H33N3O6S2/c1-5-19-31(39(33,34)24-15-11-22(37-3)12-16-24)28-21-30-29(27-10-8-7-9-26(27)28)32(20-6-2)40(35,36)25-17-13-23(38-4)14-18-25/h7-18,21H,5-6,19-20H2,1-4H3. The van der Waals surface area contributed by atoms with E-state index in [0.717, 1.165) is 0 Å². The monoisotopic (exact) mass is 583 g/mol. The third-order valence-electron chi connectivity index (χ3n) is 6.41. The lowest BCUT2D eigenvalue weighted by Gasteiger charge is -2.28. The Morgan fingerprint density at radius 3 is 1.57 bits per heavy atom. The molecule has 0 atom stereocenters. The zero-order valence-corrected chi connectivity index (χ0v) is 24.6. The van der Waals surface area contributed by atoms with Gasteiger partial charge >= 0.3 is 0 Å². The smallest absolute Gasteiger partial charge is 0.265 e. The van der Waals surface area contributed by atoms with E-state index in [4.69, 9.17) is 9.47 Å². The van der Waals surface area contributed by atoms with Crippen LogP contribution < -0.4 is 18.1 Å². The first-order valence-electron chi connectivity index (χ1n) is 12.9. The normalized spacial score (nSPS) is 11.8. The maximum atomic E-state index is 13.8. The minimum absolute atomic E-state index is 0.103. The number of ether oxygens (including phenoxy) is 2. The molecule has 1 heterocycles. The van der Waals surface area contributed by atoms with Gasteiger partial charge < -0.3 is 9.47 Å². The Balaban J connectivity index is 1.87. The van der Waals surface area contributed by atoms with E-state index in [1.54, 1.807) is 48.5 Å². The summed E-state index contributed by atoms with van der Waals surface area (Å²) >= 11 is 0. The lowest BCUT2D eigenvalue weighted by atomic mass is 10.1. The van der Waals surface area contributed by atoms with E-state index in [9.17, 15) is 16.8 Å². The Kier molecular flexibility index (Phi) is 8.85. The second kappa shape index (κ2) is 12.1. The van der Waals surface area contributed by atoms with Crippen LogP contribution in [-0.2, 0) is 20.0 Å². The van der Waals surface area contributed by atoms with Crippen LogP contribution >= 0.6 is 0 Å². The lowest BCUT2D eigenvalue weighted by Crippen LogP contribution is -2.34. The van der Waals surface area contributed by atoms with Crippen LogP contribution in [0.25, 0.3) is 10.8 Å². The molecule has 0 N–H and O–H groups in total. The van der Waals surface area contributed by atoms with Crippen LogP contribution in [0, 0.1) is 0 Å². The summed E-state index contributed by atoms with van der Waals surface area (Å²) in [6.07, 6.45) is 2.54. The molecule has 0 amide bonds. The summed E-state index contributed by atoms with van der Waals surface area (Å²) in [5, 5.41) is 1.10. The van der Waals surface area contributed by atoms with Crippen molar-refractivity contribution in [2.45, 2.75) is 36.5 Å². The van der Waals surface area contributed by atoms with Gasteiger partial charge in [-0.1, -0.05) is 38.1 Å². The molecule has 0 spiro atoms. The SMILES string of the molecule is CCCN(c1cnc(N(CCC)S(=O)(=O)c2ccc(OC)cc2)c2ccccc12)S(=O)(=O)c1ccc(OC)cc1. The first-order chi connectivity index (χ1) is 19.2. The van der Waals surface area contributed by atoms with Crippen molar-refractivity contribution in [3.05, 3.63) is 79.0 Å². The molecule has 9 nitrogen and oxygen atoms in total. The number of rotatable bonds is 12. The van der Waals surface area contributed by atoms with Gasteiger partial charge in [-0.3, -0.25) is 4.31 Å². The fraction of sp³-hybridized carbons (Fsp3) is 0.276. The topological polar surface area (TPSA) is 106 Å². The van der Waals surface area contributed by atoms with Crippen LogP contribution in [0.3, 0.4) is 0 Å². The third kappa shape index (κ3) is 5.57. The van der Waals surface area contributed by atoms with E-state index in [-0.39, 0.29) is 28.7 Å². The van der Waals surface area contributed by atoms with Gasteiger partial charge in [0.1, 0.15) is 17.3 Å². The van der Waals surface area contributed by atoms with Crippen molar-refractivity contribution in [2.24, 2.45) is 0 Å². The molecule has 0 aliphatic heterocycles. The molecule has 0 saturated heterocycles. The molecule has 212 valence electrons. The summed E-state index contributed by atoms with van der Waals surface area (Å²) in [5.74, 6) is 1.32. The largest absolute Gasteiger partial charge is 0.497 e. The van der Waals surface area contributed by atoms with Crippen molar-refractivity contribution >= 4 is 42.3 Å². The maximum Gasteiger partial charge on any atom is 0.265 e. The summed E-state index contributed by atoms with van der Waals surface area (Å²) in [7, 11) is -4.91. The van der Waals surface area contributed by atoms with E-state index in [1.165, 1.54) is 53.3 Å². The number of benzene rings is 3. The number of sulfonamides is 2. The highest BCUT2D eigenvalue weighted by Gasteiger charge is 2.30. The fourth-order valence-electron chi connectivity index (χ4n) is 4.43. The number of hydrogen-bond donors (Lipinski definition) is 0. The molecule has 40 heavy (non-hydrogen) atoms. The van der Waals surface area contributed by atoms with E-state index >= 15 is 0 Å². The number of fused-ring (bicyclic) bond motifs is 1. The van der Waals surface area contributed by atoms with Crippen LogP contribution in [0.1, 0.15) is 26.7 Å². The zero-order chi connectivity index (χ0) is 28.9. The van der Waals surface area contributed by atoms with Gasteiger partial charge in [0.15, 0.2) is 0 Å². The molecule has 4 rings (SSSR count). The van der Waals surface area contributed by atoms with Gasteiger partial charge in [0.05, 0.1) is 35.9 Å². The average molecular weight is 584 g/mol. The van der Waals surface area contributed by atoms with Crippen molar-refractivity contribution in [1.82, 2.24) is 4.98 Å². The van der Waals surface area contributed by atoms with E-state index in [1.807, 2.05) is 13.8 Å². The van der Waals surface area contributed by atoms with Crippen LogP contribution in [0.15, 0.2) is 88.8 Å². The summed E-state index contributed by atoms with van der Waals surface area (Å²) in [6.45, 7) is 4.18. The molecule has 0 saturated carbocycles. The predicted octanol–water partition coefficient (Wildman–Crippen LogP) is 5.46. The Hall–Kier alpha value is -3.83. The average Bonchev–Trinajstić information content (AvgIpc) is 2.98. The molecule has 0 aliphatic carbocycles. The number of aromatic nitrogens is 1. The number of pyridine rings is 1. The van der Waals surface area contributed by atoms with Crippen molar-refractivity contribution in [1.29, 1.82) is 0 Å². The number of hydrogen-bond acceptors (Lipinski definition) is 7. The summed E-state index contributed by atoms with van der Waals surface area (Å²) < 4.78 is 68.2. The highest BCUT2D eigenvalue weighted by Crippen LogP contribution is 2.37. The van der Waals surface area contributed by atoms with Crippen LogP contribution in [0.4, 0.5) is 11.5 Å². The predicted molar refractivity (Wildman–Crippen MR) is 157 cm³/mol. The molecule has 11 heteroatoms. The molecule has 3 aromatic carbocycles. The van der Waals surface area contributed by atoms with Gasteiger partial charge in [-0.15, -0.1) is 0 Å². The Bertz CT molecular complexity index is 1550. The van der Waals surface area contributed by atoms with Crippen LogP contribution in [-0.4, -0.2) is 49.1 Å². The molecule has 0 bridgehead atoms. The van der Waals surface area contributed by atoms with Gasteiger partial charge in [-0.25, -0.2) is 26.1 Å². The maximum absolute atomic E-state index is 13.8. The molecule has 1 aromatic heterocycles. The minimum Gasteiger partial charge on any atom is -0.497 e. The Morgan fingerprint density at radius 2 is 1.10 bits per heavy atom. The number of nitrogens with zero attached hydrogens (tertiary/aromatic N) is 3. The summed E-state index contributed by atoms with van der Waals surface area (Å²) in [6, 6.07) is 19.5. The van der Waals surface area contributed by atoms with E-state index < -0.39 is 20.0 Å². The van der Waals surface area contributed by atoms with Gasteiger partial charge in [-0.05, 0) is 61.4 Å². The lowest BCUT2D eigenvalue weighted by molar-refractivity contribution is 0.414. The molecular weight excluding hydrogens is 550 g/mol. The van der Waals surface area contributed by atoms with Gasteiger partial charge in [0.2, 0.25) is 0 Å². The minimum atomic E-state index is -3.98. The zero-order valence-electron chi connectivity index (χ0n) is 22.9. The number of anilines is 2. The van der Waals surface area contributed by atoms with Crippen molar-refractivity contribution in [3.63, 3.8) is 0 Å². The van der Waals surface area contributed by atoms with E-state index in [2.05, 4.69) is 4.98 Å². The first kappa shape index (κ1) is 29.2. The van der Waals surface area contributed by atoms with Crippen LogP contribution in [0.2, 0.25) is 0 Å². The summed E-state index contributed by atoms with van der Waals surface area (Å²) in [5.41, 5.74) is 0.371. The van der Waals surface area contributed by atoms with Crippen molar-refractivity contribution in [2.75, 3.05) is 35.9 Å². The van der Waals surface area contributed by atoms with Gasteiger partial charge in [0, 0.05) is 23.9 Å². The Morgan fingerprint density at radius 1 is 0.650 bits per heavy atom. The second-order valence-electron chi connectivity index (χ2n) is 9.02. The Labute approximate surface area is 236 Å². The molecular formula is C29H33N3O6S2. The quantitative estimate of drug-likeness (QED) is 0.218. The molecule has 0 fully saturated rings. The van der Waals surface area contributed by atoms with Crippen molar-refractivity contribution < 1.29 is 26.3 Å². The molecule has 0 unspecified atom stereocenters. The molecule has 0 aliphatic rings. The first-order valence-corrected chi connectivity index (χ1v) is 15.8. The van der Waals surface area contributed by atoms with Crippen LogP contribution in [0.5, 0.6) is 11.5 Å². The third-order valence-corrected chi connectivity index (χ3v) is 10.0. The van der Waals surface area contributed by atoms with Crippen molar-refractivity contribution in [3.8, 4) is 11.5 Å². The highest BCUT2D eigenvalue weighted by atomic mass is 32.2. The second-order valence-corrected chi connectivity index (χ2v) is 12.7. The van der Waals surface area contributed by atoms with Gasteiger partial charge in [-0.2, -0.15) is 0 Å². The molecule has 0 radical (unpaired) electrons. The number of methoxy groups -OCH3 is 2. The fourth-order valence-corrected chi connectivity index (χ4v) is 7.52. The molecule has 4 aromatic rings.